The van der Waals surface area contributed by atoms with E-state index in [4.69, 9.17) is 45.8 Å². The van der Waals surface area contributed by atoms with E-state index in [2.05, 4.69) is 308 Å². The molecule has 0 saturated heterocycles. The van der Waals surface area contributed by atoms with Crippen molar-refractivity contribution in [3.05, 3.63) is 355 Å². The van der Waals surface area contributed by atoms with Gasteiger partial charge in [-0.05, 0) is 267 Å². The Labute approximate surface area is 802 Å². The van der Waals surface area contributed by atoms with E-state index >= 15 is 0 Å². The van der Waals surface area contributed by atoms with E-state index in [0.717, 1.165) is 204 Å². The van der Waals surface area contributed by atoms with Crippen molar-refractivity contribution in [2.24, 2.45) is 0 Å². The molecule has 0 aliphatic carbocycles. The van der Waals surface area contributed by atoms with Crippen LogP contribution in [-0.4, -0.2) is 68.3 Å². The van der Waals surface area contributed by atoms with Crippen molar-refractivity contribution >= 4 is 97.9 Å². The van der Waals surface area contributed by atoms with Gasteiger partial charge in [-0.25, -0.2) is 0 Å². The summed E-state index contributed by atoms with van der Waals surface area (Å²) in [5.74, 6) is 5.27. The number of halogens is 1. The van der Waals surface area contributed by atoms with Crippen LogP contribution in [-0.2, 0) is 0 Å². The number of furan rings is 2. The number of carbonyl (C=O) groups excluding carboxylic acids is 2. The zero-order valence-electron chi connectivity index (χ0n) is 78.6. The van der Waals surface area contributed by atoms with Crippen LogP contribution in [0.3, 0.4) is 0 Å². The van der Waals surface area contributed by atoms with Crippen molar-refractivity contribution in [3.8, 4) is 101 Å². The first-order valence-electron chi connectivity index (χ1n) is 47.4. The summed E-state index contributed by atoms with van der Waals surface area (Å²) in [5.41, 5.74) is 21.3. The number of nitrogens with zero attached hydrogens (tertiary/aromatic N) is 2. The summed E-state index contributed by atoms with van der Waals surface area (Å²) >= 11 is 3.40. The van der Waals surface area contributed by atoms with Gasteiger partial charge in [0, 0.05) is 71.6 Å². The van der Waals surface area contributed by atoms with Gasteiger partial charge in [0.05, 0.1) is 37.6 Å². The maximum absolute atomic E-state index is 11.3. The number of fused-ring (bicyclic) bond motifs is 2. The van der Waals surface area contributed by atoms with Crippen molar-refractivity contribution in [3.63, 3.8) is 0 Å². The third-order valence-corrected chi connectivity index (χ3v) is 24.6. The molecule has 684 valence electrons. The summed E-state index contributed by atoms with van der Waals surface area (Å²) in [6, 6.07) is 117. The van der Waals surface area contributed by atoms with E-state index in [1.165, 1.54) is 99.3 Å². The van der Waals surface area contributed by atoms with E-state index < -0.39 is 11.2 Å². The Balaban J connectivity index is 0.000000183. The average Bonchev–Trinajstić information content (AvgIpc) is 1.65. The number of ether oxygens (including phenoxy) is 4. The van der Waals surface area contributed by atoms with Crippen molar-refractivity contribution in [1.29, 1.82) is 0 Å². The van der Waals surface area contributed by atoms with Gasteiger partial charge < -0.3 is 47.8 Å². The molecule has 2 aromatic heterocycles. The van der Waals surface area contributed by atoms with Gasteiger partial charge in [0.15, 0.2) is 0 Å². The zero-order chi connectivity index (χ0) is 94.0. The minimum absolute atomic E-state index is 0.602. The molecule has 16 aromatic rings. The van der Waals surface area contributed by atoms with E-state index in [1.54, 1.807) is 45.9 Å². The van der Waals surface area contributed by atoms with Crippen LogP contribution in [0.25, 0.3) is 100 Å². The minimum Gasteiger partial charge on any atom is -0.494 e. The quantitative estimate of drug-likeness (QED) is 0.0214. The number of aldehydes is 2. The molecular formula is C120H124BBrN2O10. The van der Waals surface area contributed by atoms with Crippen LogP contribution >= 0.6 is 15.9 Å². The lowest BCUT2D eigenvalue weighted by molar-refractivity contribution is -0.107. The van der Waals surface area contributed by atoms with E-state index in [9.17, 15) is 9.59 Å². The molecule has 0 unspecified atom stereocenters. The monoisotopic (exact) mass is 1840 g/mol. The second-order valence-electron chi connectivity index (χ2n) is 35.0. The normalized spacial score (nSPS) is 11.2. The highest BCUT2D eigenvalue weighted by atomic mass is 79.9. The van der Waals surface area contributed by atoms with Gasteiger partial charge in [0.25, 0.3) is 0 Å². The molecule has 0 aliphatic rings. The van der Waals surface area contributed by atoms with Gasteiger partial charge >= 0.3 is 0 Å². The fourth-order valence-electron chi connectivity index (χ4n) is 15.4. The number of unbranched alkanes of at least 4 members (excludes halogenated alkanes) is 12. The first-order valence-corrected chi connectivity index (χ1v) is 48.2. The molecule has 0 amide bonds. The molecule has 12 nitrogen and oxygen atoms in total. The largest absolute Gasteiger partial charge is 0.494 e. The summed E-state index contributed by atoms with van der Waals surface area (Å²) < 4.78 is 36.8. The van der Waals surface area contributed by atoms with Crippen LogP contribution in [0.4, 0.5) is 34.1 Å². The highest BCUT2D eigenvalue weighted by Crippen LogP contribution is 2.42. The Bertz CT molecular complexity index is 6030. The molecule has 0 aliphatic heterocycles. The molecule has 16 rings (SSSR count). The highest BCUT2D eigenvalue weighted by Gasteiger charge is 2.32. The third-order valence-electron chi connectivity index (χ3n) is 24.1. The summed E-state index contributed by atoms with van der Waals surface area (Å²) in [7, 11) is 6.05. The second-order valence-corrected chi connectivity index (χ2v) is 35.9. The van der Waals surface area contributed by atoms with Gasteiger partial charge in [-0.15, -0.1) is 0 Å². The van der Waals surface area contributed by atoms with Gasteiger partial charge in [-0.2, -0.15) is 0 Å². The molecule has 0 bridgehead atoms. The van der Waals surface area contributed by atoms with Crippen molar-refractivity contribution in [1.82, 2.24) is 0 Å². The number of benzene rings is 14. The summed E-state index contributed by atoms with van der Waals surface area (Å²) in [6.07, 6.45) is 20.9. The lowest BCUT2D eigenvalue weighted by Crippen LogP contribution is -2.44. The van der Waals surface area contributed by atoms with Crippen LogP contribution in [0.5, 0.6) is 23.0 Å². The van der Waals surface area contributed by atoms with Crippen LogP contribution < -0.4 is 34.2 Å². The fourth-order valence-corrected chi connectivity index (χ4v) is 15.6. The Kier molecular flexibility index (Phi) is 36.3. The van der Waals surface area contributed by atoms with Crippen molar-refractivity contribution in [2.45, 2.75) is 169 Å². The fraction of sp³-hybridized carbons (Fsp3) is 0.250. The Morgan fingerprint density at radius 2 is 0.500 bits per heavy atom. The minimum atomic E-state index is -1.01. The molecule has 0 spiro atoms. The van der Waals surface area contributed by atoms with E-state index in [0.29, 0.717) is 16.7 Å². The van der Waals surface area contributed by atoms with Gasteiger partial charge in [0.2, 0.25) is 0 Å². The van der Waals surface area contributed by atoms with Crippen LogP contribution in [0.1, 0.15) is 179 Å². The molecule has 2 heterocycles. The molecule has 134 heavy (non-hydrogen) atoms. The van der Waals surface area contributed by atoms with Crippen LogP contribution in [0.15, 0.2) is 353 Å². The number of carbonyl (C=O) groups is 2. The maximum Gasteiger partial charge on any atom is 0.150 e. The summed E-state index contributed by atoms with van der Waals surface area (Å²) in [4.78, 5) is 26.6. The lowest BCUT2D eigenvalue weighted by Gasteiger charge is -2.31. The topological polar surface area (TPSA) is 144 Å². The number of rotatable bonds is 40. The van der Waals surface area contributed by atoms with Gasteiger partial charge in [-0.3, -0.25) is 9.59 Å². The molecule has 2 radical (unpaired) electrons. The average molecular weight is 1850 g/mol. The van der Waals surface area contributed by atoms with E-state index in [1.807, 2.05) is 66.7 Å². The third kappa shape index (κ3) is 28.2. The predicted octanol–water partition coefficient (Wildman–Crippen LogP) is 32.7. The van der Waals surface area contributed by atoms with Crippen LogP contribution in [0, 0.1) is 0 Å². The van der Waals surface area contributed by atoms with Crippen molar-refractivity contribution in [2.75, 3.05) is 36.2 Å². The number of anilines is 6. The first kappa shape index (κ1) is 98.3. The predicted molar refractivity (Wildman–Crippen MR) is 561 cm³/mol. The zero-order valence-corrected chi connectivity index (χ0v) is 80.2. The Morgan fingerprint density at radius 3 is 0.731 bits per heavy atom. The molecule has 0 saturated carbocycles. The first-order chi connectivity index (χ1) is 65.2. The van der Waals surface area contributed by atoms with Crippen molar-refractivity contribution < 1.29 is 47.6 Å². The maximum atomic E-state index is 11.3. The Hall–Kier alpha value is -13.2. The molecule has 14 aromatic carbocycles. The van der Waals surface area contributed by atoms with Gasteiger partial charge in [-0.1, -0.05) is 308 Å². The summed E-state index contributed by atoms with van der Waals surface area (Å²) in [5, 5.41) is 20.2. The second kappa shape index (κ2) is 49.5. The standard InChI is InChI=1S/C57H55NO4.C42H46BNO2.C15H9BrO2.C6H14O2/c1-3-5-7-9-37-60-54-33-23-47(24-34-54)45-19-29-52(30-20-45)58(53-31-21-46(22-32-53)48-25-35-55(36-26-48)61-38-10-8-6-4-2)51-27-17-44(18-28-51)43-13-15-49(16-14-43)57-40-50-12-11-42(41-59)39-56(50)62-57;1-3-5-7-9-31-45-41-27-15-35(16-28-41)33-11-21-38(22-12-33)44(40-25-19-37(43)20-26-40)39-23-13-34(14-24-39)36-17-29-42(30-18-36)46-32-10-8-6-4-2;16-13-5-3-11(4-6-13)15-8-12-2-1-10(9-17)7-14(12)18-15;1-5(2,7)6(3,4)8/h11-36,39-41H,3-10,37-38H2,1-2H3;11-30H,3-10,31-32H2,1-2H3;1-9H;7-8H,1-4H3. The number of hydrogen-bond donors (Lipinski definition) is 2. The van der Waals surface area contributed by atoms with Gasteiger partial charge in [0.1, 0.15) is 66.1 Å². The smallest absolute Gasteiger partial charge is 0.150 e. The molecule has 0 atom stereocenters. The summed E-state index contributed by atoms with van der Waals surface area (Å²) in [6.45, 7) is 18.3. The van der Waals surface area contributed by atoms with Crippen LogP contribution in [0.2, 0.25) is 0 Å². The Morgan fingerprint density at radius 1 is 0.284 bits per heavy atom. The van der Waals surface area contributed by atoms with E-state index in [-0.39, 0.29) is 0 Å². The number of hydrogen-bond acceptors (Lipinski definition) is 12. The molecule has 14 heteroatoms. The number of aliphatic hydroxyl groups is 2. The highest BCUT2D eigenvalue weighted by molar-refractivity contribution is 9.10. The molecule has 0 fully saturated rings. The SMILES string of the molecule is CC(C)(O)C(C)(C)O.CCCCCCOc1ccc(-c2ccc(N(c3ccc(-c4ccc(OCCCCCC)cc4)cc3)c3ccc(-c4ccc(-c5cc6ccc(C=O)cc6o5)cc4)cc3)cc2)cc1.O=Cc1ccc2cc(-c3ccc(Br)cc3)oc2c1.[B]c1ccc(N(c2ccc(-c3ccc(OCCCCCC)cc3)cc2)c2ccc(-c3ccc(OCCCCCC)cc3)cc2)cc1. The lowest BCUT2D eigenvalue weighted by atomic mass is 9.90. The molecule has 2 N–H and O–H groups in total. The molecular weight excluding hydrogens is 1720 g/mol.